The van der Waals surface area contributed by atoms with Crippen molar-refractivity contribution in [1.29, 1.82) is 0 Å². The predicted molar refractivity (Wildman–Crippen MR) is 91.0 cm³/mol. The first-order chi connectivity index (χ1) is 10.1. The van der Waals surface area contributed by atoms with Crippen molar-refractivity contribution in [2.75, 3.05) is 46.9 Å². The second kappa shape index (κ2) is 9.20. The van der Waals surface area contributed by atoms with Gasteiger partial charge in [-0.3, -0.25) is 9.69 Å². The second-order valence-corrected chi connectivity index (χ2v) is 5.63. The number of benzene rings is 1. The molecular weight excluding hydrogens is 325 g/mol. The zero-order valence-electron chi connectivity index (χ0n) is 13.0. The van der Waals surface area contributed by atoms with Crippen LogP contribution in [0.25, 0.3) is 0 Å². The molecule has 124 valence electrons. The highest BCUT2D eigenvalue weighted by atomic mass is 35.5. The average Bonchev–Trinajstić information content (AvgIpc) is 2.50. The maximum atomic E-state index is 12.2. The highest BCUT2D eigenvalue weighted by Crippen LogP contribution is 2.27. The van der Waals surface area contributed by atoms with Crippen LogP contribution in [0, 0.1) is 0 Å². The minimum absolute atomic E-state index is 0. The van der Waals surface area contributed by atoms with Gasteiger partial charge < -0.3 is 15.0 Å². The number of piperazine rings is 1. The monoisotopic (exact) mass is 347 g/mol. The molecule has 1 aliphatic heterocycles. The molecule has 7 heteroatoms. The highest BCUT2D eigenvalue weighted by Gasteiger charge is 2.18. The molecule has 22 heavy (non-hydrogen) atoms. The zero-order valence-corrected chi connectivity index (χ0v) is 14.5. The van der Waals surface area contributed by atoms with Crippen molar-refractivity contribution >= 4 is 29.9 Å². The van der Waals surface area contributed by atoms with Gasteiger partial charge in [-0.15, -0.1) is 12.4 Å². The van der Waals surface area contributed by atoms with Crippen molar-refractivity contribution in [3.63, 3.8) is 0 Å². The number of halogens is 2. The van der Waals surface area contributed by atoms with Crippen LogP contribution in [-0.4, -0.2) is 62.6 Å². The Morgan fingerprint density at radius 1 is 1.41 bits per heavy atom. The minimum Gasteiger partial charge on any atom is -0.496 e. The molecule has 1 heterocycles. The molecule has 5 nitrogen and oxygen atoms in total. The highest BCUT2D eigenvalue weighted by molar-refractivity contribution is 6.31. The molecule has 1 aromatic carbocycles. The van der Waals surface area contributed by atoms with Crippen LogP contribution in [-0.2, 0) is 11.3 Å². The first kappa shape index (κ1) is 19.0. The molecule has 0 radical (unpaired) electrons. The summed E-state index contributed by atoms with van der Waals surface area (Å²) in [4.78, 5) is 16.1. The molecule has 0 spiro atoms. The van der Waals surface area contributed by atoms with E-state index >= 15 is 0 Å². The van der Waals surface area contributed by atoms with Crippen LogP contribution >= 0.6 is 24.0 Å². The van der Waals surface area contributed by atoms with Crippen LogP contribution in [0.4, 0.5) is 0 Å². The predicted octanol–water partition coefficient (Wildman–Crippen LogP) is 1.63. The molecule has 0 unspecified atom stereocenters. The summed E-state index contributed by atoms with van der Waals surface area (Å²) in [7, 11) is 3.55. The topological polar surface area (TPSA) is 44.8 Å². The fourth-order valence-corrected chi connectivity index (χ4v) is 2.68. The molecule has 0 bridgehead atoms. The Hall–Kier alpha value is -1.01. The Kier molecular flexibility index (Phi) is 7.96. The Bertz CT molecular complexity index is 494. The van der Waals surface area contributed by atoms with Gasteiger partial charge in [0.2, 0.25) is 5.91 Å². The van der Waals surface area contributed by atoms with Gasteiger partial charge in [0.25, 0.3) is 0 Å². The molecule has 1 N–H and O–H groups in total. The molecule has 0 atom stereocenters. The van der Waals surface area contributed by atoms with Gasteiger partial charge in [-0.1, -0.05) is 17.7 Å². The lowest BCUT2D eigenvalue weighted by atomic mass is 10.2. The smallest absolute Gasteiger partial charge is 0.236 e. The van der Waals surface area contributed by atoms with Gasteiger partial charge in [0.05, 0.1) is 13.7 Å². The lowest BCUT2D eigenvalue weighted by Crippen LogP contribution is -2.49. The van der Waals surface area contributed by atoms with E-state index in [1.807, 2.05) is 35.0 Å². The van der Waals surface area contributed by atoms with E-state index in [9.17, 15) is 4.79 Å². The van der Waals surface area contributed by atoms with E-state index < -0.39 is 0 Å². The van der Waals surface area contributed by atoms with Crippen LogP contribution in [0.5, 0.6) is 5.75 Å². The number of amides is 1. The SMILES string of the molecule is COc1cccc(Cl)c1CN(C)CC(=O)N1CCNCC1.Cl. The summed E-state index contributed by atoms with van der Waals surface area (Å²) in [6.07, 6.45) is 0. The van der Waals surface area contributed by atoms with Crippen molar-refractivity contribution in [3.8, 4) is 5.75 Å². The minimum atomic E-state index is 0. The number of hydrogen-bond acceptors (Lipinski definition) is 4. The van der Waals surface area contributed by atoms with E-state index in [0.717, 1.165) is 37.5 Å². The van der Waals surface area contributed by atoms with Gasteiger partial charge in [-0.2, -0.15) is 0 Å². The molecule has 1 aliphatic rings. The first-order valence-corrected chi connectivity index (χ1v) is 7.48. The maximum absolute atomic E-state index is 12.2. The summed E-state index contributed by atoms with van der Waals surface area (Å²) in [6, 6.07) is 5.58. The summed E-state index contributed by atoms with van der Waals surface area (Å²) in [5, 5.41) is 3.91. The third-order valence-electron chi connectivity index (χ3n) is 3.60. The van der Waals surface area contributed by atoms with Crippen molar-refractivity contribution in [2.24, 2.45) is 0 Å². The van der Waals surface area contributed by atoms with Crippen LogP contribution in [0.2, 0.25) is 5.02 Å². The van der Waals surface area contributed by atoms with Crippen molar-refractivity contribution < 1.29 is 9.53 Å². The fourth-order valence-electron chi connectivity index (χ4n) is 2.45. The van der Waals surface area contributed by atoms with Crippen LogP contribution in [0.1, 0.15) is 5.56 Å². The first-order valence-electron chi connectivity index (χ1n) is 7.10. The zero-order chi connectivity index (χ0) is 15.2. The Labute approximate surface area is 143 Å². The largest absolute Gasteiger partial charge is 0.496 e. The molecule has 1 saturated heterocycles. The lowest BCUT2D eigenvalue weighted by molar-refractivity contribution is -0.132. The molecule has 0 saturated carbocycles. The average molecular weight is 348 g/mol. The quantitative estimate of drug-likeness (QED) is 0.879. The van der Waals surface area contributed by atoms with Crippen molar-refractivity contribution in [1.82, 2.24) is 15.1 Å². The van der Waals surface area contributed by atoms with E-state index in [-0.39, 0.29) is 18.3 Å². The molecule has 1 aromatic rings. The molecule has 0 aromatic heterocycles. The molecule has 1 amide bonds. The third-order valence-corrected chi connectivity index (χ3v) is 3.95. The van der Waals surface area contributed by atoms with Crippen molar-refractivity contribution in [2.45, 2.75) is 6.54 Å². The molecule has 2 rings (SSSR count). The number of nitrogens with zero attached hydrogens (tertiary/aromatic N) is 2. The second-order valence-electron chi connectivity index (χ2n) is 5.22. The summed E-state index contributed by atoms with van der Waals surface area (Å²) >= 11 is 6.23. The summed E-state index contributed by atoms with van der Waals surface area (Å²) in [5.41, 5.74) is 0.914. The van der Waals surface area contributed by atoms with E-state index in [2.05, 4.69) is 5.32 Å². The molecule has 0 aliphatic carbocycles. The van der Waals surface area contributed by atoms with E-state index in [0.29, 0.717) is 18.1 Å². The fraction of sp³-hybridized carbons (Fsp3) is 0.533. The number of carbonyl (C=O) groups excluding carboxylic acids is 1. The van der Waals surface area contributed by atoms with Gasteiger partial charge in [-0.25, -0.2) is 0 Å². The number of nitrogens with one attached hydrogen (secondary N) is 1. The Morgan fingerprint density at radius 3 is 2.73 bits per heavy atom. The number of ether oxygens (including phenoxy) is 1. The number of methoxy groups -OCH3 is 1. The third kappa shape index (κ3) is 5.02. The summed E-state index contributed by atoms with van der Waals surface area (Å²) < 4.78 is 5.33. The Morgan fingerprint density at radius 2 is 2.09 bits per heavy atom. The van der Waals surface area contributed by atoms with Gasteiger partial charge in [0.1, 0.15) is 5.75 Å². The maximum Gasteiger partial charge on any atom is 0.236 e. The molecule has 1 fully saturated rings. The van der Waals surface area contributed by atoms with Gasteiger partial charge >= 0.3 is 0 Å². The normalized spacial score (nSPS) is 14.6. The summed E-state index contributed by atoms with van der Waals surface area (Å²) in [6.45, 7) is 4.26. The summed E-state index contributed by atoms with van der Waals surface area (Å²) in [5.74, 6) is 0.911. The van der Waals surface area contributed by atoms with E-state index in [4.69, 9.17) is 16.3 Å². The van der Waals surface area contributed by atoms with Crippen LogP contribution in [0.15, 0.2) is 18.2 Å². The van der Waals surface area contributed by atoms with E-state index in [1.54, 1.807) is 7.11 Å². The van der Waals surface area contributed by atoms with E-state index in [1.165, 1.54) is 0 Å². The number of rotatable bonds is 5. The number of hydrogen-bond donors (Lipinski definition) is 1. The standard InChI is InChI=1S/C15H22ClN3O2.ClH/c1-18(11-15(20)19-8-6-17-7-9-19)10-12-13(16)4-3-5-14(12)21-2;/h3-5,17H,6-11H2,1-2H3;1H. The molecular formula is C15H23Cl2N3O2. The van der Waals surface area contributed by atoms with Crippen molar-refractivity contribution in [3.05, 3.63) is 28.8 Å². The number of carbonyl (C=O) groups is 1. The van der Waals surface area contributed by atoms with Crippen LogP contribution in [0.3, 0.4) is 0 Å². The van der Waals surface area contributed by atoms with Crippen LogP contribution < -0.4 is 10.1 Å². The van der Waals surface area contributed by atoms with Gasteiger partial charge in [-0.05, 0) is 19.2 Å². The number of likely N-dealkylation sites (N-methyl/N-ethyl adjacent to an activating group) is 1. The van der Waals surface area contributed by atoms with Gasteiger partial charge in [0, 0.05) is 43.3 Å². The lowest BCUT2D eigenvalue weighted by Gasteiger charge is -2.29. The van der Waals surface area contributed by atoms with Gasteiger partial charge in [0.15, 0.2) is 0 Å². The Balaban J connectivity index is 0.00000242.